The first-order valence-corrected chi connectivity index (χ1v) is 23.0. The number of aromatic amines is 1. The van der Waals surface area contributed by atoms with Crippen molar-refractivity contribution in [2.24, 2.45) is 5.41 Å². The fraction of sp³-hybridized carbons (Fsp3) is 0.348. The van der Waals surface area contributed by atoms with Crippen molar-refractivity contribution in [3.8, 4) is 11.5 Å². The van der Waals surface area contributed by atoms with Gasteiger partial charge < -0.3 is 25.3 Å². The second-order valence-electron chi connectivity index (χ2n) is 17.1. The summed E-state index contributed by atoms with van der Waals surface area (Å²) < 4.78 is 36.0. The van der Waals surface area contributed by atoms with E-state index in [1.54, 1.807) is 30.5 Å². The molecular weight excluding hydrogens is 844 g/mol. The van der Waals surface area contributed by atoms with Crippen LogP contribution in [0.1, 0.15) is 49.0 Å². The minimum atomic E-state index is -4.59. The van der Waals surface area contributed by atoms with Crippen LogP contribution in [0, 0.1) is 15.5 Å². The number of piperazine rings is 2. The Labute approximate surface area is 371 Å². The van der Waals surface area contributed by atoms with Crippen molar-refractivity contribution in [3.63, 3.8) is 0 Å². The van der Waals surface area contributed by atoms with Gasteiger partial charge in [0, 0.05) is 98.8 Å². The molecule has 5 aromatic rings. The number of anilines is 2. The summed E-state index contributed by atoms with van der Waals surface area (Å²) in [6.07, 6.45) is 4.97. The first-order chi connectivity index (χ1) is 30.2. The summed E-state index contributed by atoms with van der Waals surface area (Å²) in [5.41, 5.74) is 5.55. The van der Waals surface area contributed by atoms with E-state index in [1.807, 2.05) is 35.2 Å². The monoisotopic (exact) mass is 894 g/mol. The normalized spacial score (nSPS) is 17.4. The van der Waals surface area contributed by atoms with Gasteiger partial charge in [0.05, 0.1) is 21.9 Å². The topological polar surface area (TPSA) is 182 Å². The lowest BCUT2D eigenvalue weighted by atomic mass is 9.72. The van der Waals surface area contributed by atoms with Crippen LogP contribution in [0.4, 0.5) is 17.1 Å². The molecule has 8 rings (SSSR count). The second-order valence-corrected chi connectivity index (χ2v) is 19.2. The molecule has 1 aliphatic carbocycles. The molecule has 2 amide bonds. The number of sulfonamides is 1. The van der Waals surface area contributed by atoms with Crippen LogP contribution in [0.25, 0.3) is 16.5 Å². The Kier molecular flexibility index (Phi) is 12.8. The number of nitro benzene ring substituents is 1. The molecule has 63 heavy (non-hydrogen) atoms. The lowest BCUT2D eigenvalue weighted by Crippen LogP contribution is -2.48. The zero-order chi connectivity index (χ0) is 44.3. The molecule has 0 saturated carbocycles. The van der Waals surface area contributed by atoms with Gasteiger partial charge in [0.2, 0.25) is 5.91 Å². The number of allylic oxidation sites excluding steroid dienone is 1. The first-order valence-electron chi connectivity index (χ1n) is 21.1. The van der Waals surface area contributed by atoms with Gasteiger partial charge in [-0.3, -0.25) is 29.5 Å². The van der Waals surface area contributed by atoms with Gasteiger partial charge in [0.25, 0.3) is 21.6 Å². The van der Waals surface area contributed by atoms with E-state index in [9.17, 15) is 28.1 Å². The highest BCUT2D eigenvalue weighted by molar-refractivity contribution is 7.90. The fourth-order valence-electron chi connectivity index (χ4n) is 8.59. The first kappa shape index (κ1) is 43.7. The average molecular weight is 895 g/mol. The van der Waals surface area contributed by atoms with Crippen LogP contribution in [0.2, 0.25) is 5.02 Å². The van der Waals surface area contributed by atoms with E-state index in [1.165, 1.54) is 28.8 Å². The van der Waals surface area contributed by atoms with Crippen molar-refractivity contribution in [1.82, 2.24) is 24.8 Å². The molecule has 3 heterocycles. The van der Waals surface area contributed by atoms with E-state index >= 15 is 0 Å². The van der Waals surface area contributed by atoms with Gasteiger partial charge in [-0.1, -0.05) is 49.2 Å². The Morgan fingerprint density at radius 1 is 0.952 bits per heavy atom. The van der Waals surface area contributed by atoms with Gasteiger partial charge in [-0.2, -0.15) is 0 Å². The molecule has 0 spiro atoms. The average Bonchev–Trinajstić information content (AvgIpc) is 3.75. The van der Waals surface area contributed by atoms with E-state index in [4.69, 9.17) is 16.3 Å². The molecule has 3 aliphatic rings. The number of carbonyl (C=O) groups excluding carboxylic acids is 2. The van der Waals surface area contributed by atoms with E-state index in [2.05, 4.69) is 56.1 Å². The minimum Gasteiger partial charge on any atom is -0.456 e. The van der Waals surface area contributed by atoms with E-state index in [-0.39, 0.29) is 41.4 Å². The number of ether oxygens (including phenoxy) is 1. The molecule has 0 atom stereocenters. The largest absolute Gasteiger partial charge is 0.456 e. The summed E-state index contributed by atoms with van der Waals surface area (Å²) >= 11 is 6.24. The highest BCUT2D eigenvalue weighted by Gasteiger charge is 2.31. The maximum Gasteiger partial charge on any atom is 0.293 e. The number of benzene rings is 4. The molecule has 0 unspecified atom stereocenters. The number of nitrogens with zero attached hydrogens (tertiary/aromatic N) is 4. The van der Waals surface area contributed by atoms with Gasteiger partial charge in [-0.05, 0) is 90.4 Å². The molecular formula is C46H51ClN8O7S. The molecule has 0 bridgehead atoms. The molecule has 4 aromatic carbocycles. The number of amides is 2. The molecule has 2 saturated heterocycles. The second kappa shape index (κ2) is 18.4. The number of halogens is 1. The van der Waals surface area contributed by atoms with Crippen molar-refractivity contribution in [3.05, 3.63) is 123 Å². The lowest BCUT2D eigenvalue weighted by Gasteiger charge is -2.39. The van der Waals surface area contributed by atoms with Crippen LogP contribution in [0.15, 0.2) is 102 Å². The van der Waals surface area contributed by atoms with E-state index in [0.29, 0.717) is 25.4 Å². The number of hydrogen-bond donors (Lipinski definition) is 4. The molecule has 0 radical (unpaired) electrons. The fourth-order valence-corrected chi connectivity index (χ4v) is 9.70. The number of nitrogens with one attached hydrogen (secondary N) is 4. The Morgan fingerprint density at radius 2 is 1.75 bits per heavy atom. The van der Waals surface area contributed by atoms with Gasteiger partial charge in [-0.15, -0.1) is 0 Å². The Hall–Kier alpha value is -5.94. The van der Waals surface area contributed by atoms with Gasteiger partial charge in [0.15, 0.2) is 0 Å². The van der Waals surface area contributed by atoms with Crippen LogP contribution >= 0.6 is 11.6 Å². The van der Waals surface area contributed by atoms with Crippen LogP contribution < -0.4 is 25.0 Å². The number of fused-ring (bicyclic) bond motifs is 1. The highest BCUT2D eigenvalue weighted by Crippen LogP contribution is 2.43. The van der Waals surface area contributed by atoms with Crippen molar-refractivity contribution in [2.45, 2.75) is 38.0 Å². The summed E-state index contributed by atoms with van der Waals surface area (Å²) in [5.74, 6) is -0.438. The SMILES string of the molecule is CC1(C)CCC(CN2CCN(c3ccc(C(=O)NS(=O)(=O)c4ccc(NCCN5CCNC(=O)C5)c([N+](=O)[O-])c4)c(Oc4cccc5[nH]ccc45)c3)CC2)=C(c2ccc(Cl)cc2)C1. The molecule has 330 valence electrons. The molecule has 1 aromatic heterocycles. The summed E-state index contributed by atoms with van der Waals surface area (Å²) in [6, 6.07) is 24.0. The van der Waals surface area contributed by atoms with Crippen LogP contribution in [0.3, 0.4) is 0 Å². The van der Waals surface area contributed by atoms with Gasteiger partial charge in [-0.25, -0.2) is 13.1 Å². The van der Waals surface area contributed by atoms with E-state index in [0.717, 1.165) is 79.7 Å². The quantitative estimate of drug-likeness (QED) is 0.0650. The zero-order valence-corrected chi connectivity index (χ0v) is 36.9. The van der Waals surface area contributed by atoms with Crippen LogP contribution in [0.5, 0.6) is 11.5 Å². The van der Waals surface area contributed by atoms with Crippen molar-refractivity contribution < 1.29 is 27.7 Å². The maximum atomic E-state index is 14.0. The lowest BCUT2D eigenvalue weighted by molar-refractivity contribution is -0.384. The predicted octanol–water partition coefficient (Wildman–Crippen LogP) is 7.27. The summed E-state index contributed by atoms with van der Waals surface area (Å²) in [5, 5.41) is 19.3. The molecule has 2 fully saturated rings. The van der Waals surface area contributed by atoms with Gasteiger partial charge in [0.1, 0.15) is 17.2 Å². The third-order valence-electron chi connectivity index (χ3n) is 12.1. The van der Waals surface area contributed by atoms with Crippen molar-refractivity contribution >= 4 is 67.0 Å². The summed E-state index contributed by atoms with van der Waals surface area (Å²) in [4.78, 5) is 46.5. The number of H-pyrrole nitrogens is 1. The number of carbonyl (C=O) groups is 2. The Bertz CT molecular complexity index is 2680. The number of rotatable bonds is 14. The van der Waals surface area contributed by atoms with Crippen LogP contribution in [-0.2, 0) is 14.8 Å². The van der Waals surface area contributed by atoms with Crippen LogP contribution in [-0.4, -0.2) is 105 Å². The third kappa shape index (κ3) is 10.3. The van der Waals surface area contributed by atoms with Crippen molar-refractivity contribution in [2.75, 3.05) is 75.7 Å². The zero-order valence-electron chi connectivity index (χ0n) is 35.3. The number of aromatic nitrogens is 1. The molecule has 2 aliphatic heterocycles. The molecule has 4 N–H and O–H groups in total. The minimum absolute atomic E-state index is 0.0328. The molecule has 15 nitrogen and oxygen atoms in total. The third-order valence-corrected chi connectivity index (χ3v) is 13.7. The summed E-state index contributed by atoms with van der Waals surface area (Å²) in [7, 11) is -4.59. The van der Waals surface area contributed by atoms with Crippen molar-refractivity contribution in [1.29, 1.82) is 0 Å². The number of hydrogen-bond acceptors (Lipinski definition) is 11. The molecule has 17 heteroatoms. The smallest absolute Gasteiger partial charge is 0.293 e. The standard InChI is InChI=1S/C46H51ClN8O7S/c1-46(2)16-14-32(38(28-46)31-6-8-33(47)9-7-31)29-53-22-24-54(25-23-53)34-10-12-37(43(26-34)62-42-5-3-4-39-36(42)15-17-48-39)45(57)51-63(60,61)35-11-13-40(41(27-35)55(58)59)49-18-20-52-21-19-50-44(56)30-52/h3-13,15,17,26-27,48-49H,14,16,18-25,28-30H2,1-2H3,(H,50,56)(H,51,57). The predicted molar refractivity (Wildman–Crippen MR) is 245 cm³/mol. The Morgan fingerprint density at radius 3 is 2.51 bits per heavy atom. The van der Waals surface area contributed by atoms with Gasteiger partial charge >= 0.3 is 0 Å². The maximum absolute atomic E-state index is 14.0. The summed E-state index contributed by atoms with van der Waals surface area (Å²) in [6.45, 7) is 10.7. The van der Waals surface area contributed by atoms with E-state index < -0.39 is 31.4 Å². The number of nitro groups is 1. The highest BCUT2D eigenvalue weighted by atomic mass is 35.5. The Balaban J connectivity index is 0.995.